The summed E-state index contributed by atoms with van der Waals surface area (Å²) in [6, 6.07) is 10.6. The molecule has 0 N–H and O–H groups in total. The number of benzene rings is 1. The highest BCUT2D eigenvalue weighted by Gasteiger charge is 2.28. The smallest absolute Gasteiger partial charge is 0.151 e. The SMILES string of the molecule is CC(C)c1sc(-c2ccccc2)c(C2CCCC2)c1C=O. The minimum atomic E-state index is 0.410. The molecule has 1 aliphatic carbocycles. The van der Waals surface area contributed by atoms with Crippen molar-refractivity contribution < 1.29 is 4.79 Å². The molecule has 0 amide bonds. The van der Waals surface area contributed by atoms with Crippen molar-refractivity contribution >= 4 is 17.6 Å². The van der Waals surface area contributed by atoms with Gasteiger partial charge in [-0.2, -0.15) is 0 Å². The monoisotopic (exact) mass is 298 g/mol. The highest BCUT2D eigenvalue weighted by molar-refractivity contribution is 7.16. The molecule has 1 aromatic carbocycles. The van der Waals surface area contributed by atoms with Crippen LogP contribution in [0.25, 0.3) is 10.4 Å². The van der Waals surface area contributed by atoms with Gasteiger partial charge in [-0.25, -0.2) is 0 Å². The summed E-state index contributed by atoms with van der Waals surface area (Å²) in [5, 5.41) is 0. The Morgan fingerprint density at radius 2 is 1.81 bits per heavy atom. The molecule has 1 heterocycles. The maximum Gasteiger partial charge on any atom is 0.151 e. The fourth-order valence-corrected chi connectivity index (χ4v) is 4.81. The van der Waals surface area contributed by atoms with Crippen LogP contribution in [0.3, 0.4) is 0 Å². The van der Waals surface area contributed by atoms with Gasteiger partial charge >= 0.3 is 0 Å². The van der Waals surface area contributed by atoms with E-state index in [1.165, 1.54) is 46.6 Å². The van der Waals surface area contributed by atoms with Gasteiger partial charge in [-0.1, -0.05) is 57.0 Å². The van der Waals surface area contributed by atoms with Crippen LogP contribution < -0.4 is 0 Å². The van der Waals surface area contributed by atoms with E-state index in [1.807, 2.05) is 11.3 Å². The van der Waals surface area contributed by atoms with Crippen LogP contribution in [0.4, 0.5) is 0 Å². The van der Waals surface area contributed by atoms with Crippen LogP contribution in [-0.2, 0) is 0 Å². The first-order chi connectivity index (χ1) is 10.2. The molecule has 0 spiro atoms. The largest absolute Gasteiger partial charge is 0.298 e. The third-order valence-electron chi connectivity index (χ3n) is 4.45. The van der Waals surface area contributed by atoms with Gasteiger partial charge in [0, 0.05) is 15.3 Å². The highest BCUT2D eigenvalue weighted by Crippen LogP contribution is 2.47. The quantitative estimate of drug-likeness (QED) is 0.632. The van der Waals surface area contributed by atoms with Gasteiger partial charge in [-0.05, 0) is 35.8 Å². The third-order valence-corrected chi connectivity index (χ3v) is 6.02. The minimum absolute atomic E-state index is 0.410. The van der Waals surface area contributed by atoms with E-state index in [-0.39, 0.29) is 0 Å². The summed E-state index contributed by atoms with van der Waals surface area (Å²) in [6.07, 6.45) is 6.16. The molecular weight excluding hydrogens is 276 g/mol. The molecule has 1 aromatic heterocycles. The summed E-state index contributed by atoms with van der Waals surface area (Å²) < 4.78 is 0. The number of thiophene rings is 1. The molecule has 0 saturated heterocycles. The normalized spacial score (nSPS) is 15.8. The van der Waals surface area contributed by atoms with Crippen LogP contribution in [0, 0.1) is 0 Å². The number of hydrogen-bond acceptors (Lipinski definition) is 2. The Morgan fingerprint density at radius 3 is 2.38 bits per heavy atom. The second-order valence-corrected chi connectivity index (χ2v) is 7.29. The van der Waals surface area contributed by atoms with E-state index in [0.717, 1.165) is 11.8 Å². The zero-order valence-electron chi connectivity index (χ0n) is 12.8. The average Bonchev–Trinajstić information content (AvgIpc) is 3.14. The van der Waals surface area contributed by atoms with Crippen molar-refractivity contribution in [2.75, 3.05) is 0 Å². The lowest BCUT2D eigenvalue weighted by Crippen LogP contribution is -1.99. The molecule has 110 valence electrons. The predicted molar refractivity (Wildman–Crippen MR) is 90.4 cm³/mol. The minimum Gasteiger partial charge on any atom is -0.298 e. The molecule has 3 rings (SSSR count). The van der Waals surface area contributed by atoms with E-state index in [4.69, 9.17) is 0 Å². The van der Waals surface area contributed by atoms with Gasteiger partial charge in [0.1, 0.15) is 0 Å². The molecule has 0 radical (unpaired) electrons. The Labute approximate surface area is 131 Å². The maximum atomic E-state index is 11.8. The van der Waals surface area contributed by atoms with Gasteiger partial charge < -0.3 is 0 Å². The Balaban J connectivity index is 2.20. The molecule has 0 bridgehead atoms. The van der Waals surface area contributed by atoms with E-state index >= 15 is 0 Å². The summed E-state index contributed by atoms with van der Waals surface area (Å²) in [5.41, 5.74) is 3.59. The van der Waals surface area contributed by atoms with Crippen LogP contribution >= 0.6 is 11.3 Å². The van der Waals surface area contributed by atoms with Gasteiger partial charge in [-0.3, -0.25) is 4.79 Å². The molecule has 21 heavy (non-hydrogen) atoms. The number of carbonyl (C=O) groups excluding carboxylic acids is 1. The van der Waals surface area contributed by atoms with Crippen molar-refractivity contribution in [3.8, 4) is 10.4 Å². The van der Waals surface area contributed by atoms with E-state index in [2.05, 4.69) is 44.2 Å². The number of carbonyl (C=O) groups is 1. The first-order valence-corrected chi connectivity index (χ1v) is 8.71. The van der Waals surface area contributed by atoms with Gasteiger partial charge in [-0.15, -0.1) is 11.3 Å². The van der Waals surface area contributed by atoms with Crippen LogP contribution in [0.15, 0.2) is 30.3 Å². The topological polar surface area (TPSA) is 17.1 Å². The molecule has 0 aliphatic heterocycles. The molecule has 0 unspecified atom stereocenters. The van der Waals surface area contributed by atoms with E-state index in [9.17, 15) is 4.79 Å². The molecule has 0 atom stereocenters. The molecule has 1 saturated carbocycles. The first kappa shape index (κ1) is 14.5. The second kappa shape index (κ2) is 6.15. The van der Waals surface area contributed by atoms with E-state index in [1.54, 1.807) is 0 Å². The van der Waals surface area contributed by atoms with Crippen molar-refractivity contribution in [3.63, 3.8) is 0 Å². The Hall–Kier alpha value is -1.41. The van der Waals surface area contributed by atoms with Gasteiger partial charge in [0.2, 0.25) is 0 Å². The first-order valence-electron chi connectivity index (χ1n) is 7.89. The Bertz CT molecular complexity index is 619. The van der Waals surface area contributed by atoms with Crippen molar-refractivity contribution in [2.45, 2.75) is 51.4 Å². The fraction of sp³-hybridized carbons (Fsp3) is 0.421. The van der Waals surface area contributed by atoms with Crippen molar-refractivity contribution in [3.05, 3.63) is 46.3 Å². The van der Waals surface area contributed by atoms with Gasteiger partial charge in [0.15, 0.2) is 6.29 Å². The van der Waals surface area contributed by atoms with E-state index < -0.39 is 0 Å². The van der Waals surface area contributed by atoms with Crippen LogP contribution in [0.5, 0.6) is 0 Å². The number of rotatable bonds is 4. The van der Waals surface area contributed by atoms with Gasteiger partial charge in [0.05, 0.1) is 0 Å². The van der Waals surface area contributed by atoms with Gasteiger partial charge in [0.25, 0.3) is 0 Å². The second-order valence-electron chi connectivity index (χ2n) is 6.24. The number of hydrogen-bond donors (Lipinski definition) is 0. The zero-order chi connectivity index (χ0) is 14.8. The van der Waals surface area contributed by atoms with Crippen LogP contribution in [0.1, 0.15) is 72.2 Å². The van der Waals surface area contributed by atoms with Crippen LogP contribution in [0.2, 0.25) is 0 Å². The summed E-state index contributed by atoms with van der Waals surface area (Å²) >= 11 is 1.83. The van der Waals surface area contributed by atoms with Crippen LogP contribution in [-0.4, -0.2) is 6.29 Å². The molecule has 1 nitrogen and oxygen atoms in total. The lowest BCUT2D eigenvalue weighted by Gasteiger charge is -2.12. The summed E-state index contributed by atoms with van der Waals surface area (Å²) in [5.74, 6) is 0.983. The van der Waals surface area contributed by atoms with Crippen molar-refractivity contribution in [2.24, 2.45) is 0 Å². The molecule has 1 fully saturated rings. The summed E-state index contributed by atoms with van der Waals surface area (Å²) in [6.45, 7) is 4.37. The van der Waals surface area contributed by atoms with E-state index in [0.29, 0.717) is 11.8 Å². The standard InChI is InChI=1S/C19H22OS/c1-13(2)18-16(12-20)17(14-8-6-7-9-14)19(21-18)15-10-4-3-5-11-15/h3-5,10-14H,6-9H2,1-2H3. The highest BCUT2D eigenvalue weighted by atomic mass is 32.1. The molecular formula is C19H22OS. The lowest BCUT2D eigenvalue weighted by atomic mass is 9.90. The maximum absolute atomic E-state index is 11.8. The third kappa shape index (κ3) is 2.69. The van der Waals surface area contributed by atoms with Crippen molar-refractivity contribution in [1.29, 1.82) is 0 Å². The molecule has 2 aromatic rings. The molecule has 1 aliphatic rings. The Kier molecular flexibility index (Phi) is 4.25. The predicted octanol–water partition coefficient (Wildman–Crippen LogP) is 6.01. The summed E-state index contributed by atoms with van der Waals surface area (Å²) in [4.78, 5) is 14.3. The zero-order valence-corrected chi connectivity index (χ0v) is 13.6. The van der Waals surface area contributed by atoms with Crippen molar-refractivity contribution in [1.82, 2.24) is 0 Å². The fourth-order valence-electron chi connectivity index (χ4n) is 3.45. The number of aldehydes is 1. The lowest BCUT2D eigenvalue weighted by molar-refractivity contribution is 0.112. The Morgan fingerprint density at radius 1 is 1.14 bits per heavy atom. The summed E-state index contributed by atoms with van der Waals surface area (Å²) in [7, 11) is 0. The molecule has 2 heteroatoms. The average molecular weight is 298 g/mol.